The van der Waals surface area contributed by atoms with E-state index in [1.807, 2.05) is 0 Å². The van der Waals surface area contributed by atoms with Crippen molar-refractivity contribution in [2.45, 2.75) is 5.60 Å². The summed E-state index contributed by atoms with van der Waals surface area (Å²) >= 11 is 0. The van der Waals surface area contributed by atoms with Crippen LogP contribution in [0, 0.1) is 23.3 Å². The first kappa shape index (κ1) is 19.7. The van der Waals surface area contributed by atoms with E-state index < -0.39 is 80.5 Å². The Morgan fingerprint density at radius 3 is 2.25 bits per heavy atom. The van der Waals surface area contributed by atoms with E-state index in [0.717, 1.165) is 0 Å². The Kier molecular flexibility index (Phi) is 3.76. The highest BCUT2D eigenvalue weighted by molar-refractivity contribution is 5.99. The molecule has 0 aliphatic carbocycles. The van der Waals surface area contributed by atoms with Gasteiger partial charge in [-0.15, -0.1) is 0 Å². The summed E-state index contributed by atoms with van der Waals surface area (Å²) in [5.74, 6) is -15.5. The largest absolute Gasteiger partial charge is 0.503 e. The summed E-state index contributed by atoms with van der Waals surface area (Å²) in [7, 11) is 0. The molecule has 1 unspecified atom stereocenters. The molecule has 0 radical (unpaired) electrons. The number of phenols is 2. The summed E-state index contributed by atoms with van der Waals surface area (Å²) < 4.78 is 69.3. The fourth-order valence-corrected chi connectivity index (χ4v) is 4.08. The van der Waals surface area contributed by atoms with E-state index >= 15 is 0 Å². The SMILES string of the molecule is O=C1OC2(c3ccccc31)c1cc(F)c(O)c(F)c1Oc1c(F)c(O)c(F)c(C(=O)O)c12. The molecule has 0 fully saturated rings. The Balaban J connectivity index is 2.06. The van der Waals surface area contributed by atoms with E-state index in [1.165, 1.54) is 24.3 Å². The second-order valence-corrected chi connectivity index (χ2v) is 6.98. The quantitative estimate of drug-likeness (QED) is 0.382. The van der Waals surface area contributed by atoms with Crippen molar-refractivity contribution in [3.05, 3.63) is 81.4 Å². The molecule has 2 aliphatic rings. The standard InChI is InChI=1S/C21H8F4O7/c22-9-5-8-17(13(24)15(9)26)31-18-11(10(19(28)29)12(23)16(27)14(18)25)21(8)7-4-2-1-3-6(7)20(30)32-21/h1-5,26-27H,(H,28,29). The Hall–Kier alpha value is -4.28. The fourth-order valence-electron chi connectivity index (χ4n) is 4.08. The average molecular weight is 448 g/mol. The Morgan fingerprint density at radius 1 is 0.906 bits per heavy atom. The Bertz CT molecular complexity index is 1400. The number of esters is 1. The number of benzene rings is 3. The molecular weight excluding hydrogens is 440 g/mol. The molecule has 162 valence electrons. The van der Waals surface area contributed by atoms with Gasteiger partial charge in [-0.2, -0.15) is 8.78 Å². The molecule has 0 saturated carbocycles. The van der Waals surface area contributed by atoms with Gasteiger partial charge in [-0.25, -0.2) is 18.4 Å². The van der Waals surface area contributed by atoms with Gasteiger partial charge in [0.25, 0.3) is 0 Å². The minimum absolute atomic E-state index is 0.176. The van der Waals surface area contributed by atoms with Crippen LogP contribution in [-0.2, 0) is 10.3 Å². The van der Waals surface area contributed by atoms with E-state index in [2.05, 4.69) is 0 Å². The number of aromatic hydroxyl groups is 2. The van der Waals surface area contributed by atoms with Gasteiger partial charge in [0.1, 0.15) is 5.56 Å². The molecule has 0 saturated heterocycles. The fraction of sp³-hybridized carbons (Fsp3) is 0.0476. The van der Waals surface area contributed by atoms with Crippen molar-refractivity contribution in [3.8, 4) is 23.0 Å². The second-order valence-electron chi connectivity index (χ2n) is 6.98. The number of carboxylic acid groups (broad SMARTS) is 1. The van der Waals surface area contributed by atoms with Crippen molar-refractivity contribution >= 4 is 11.9 Å². The van der Waals surface area contributed by atoms with Crippen molar-refractivity contribution < 1.29 is 51.9 Å². The molecule has 32 heavy (non-hydrogen) atoms. The maximum atomic E-state index is 14.9. The summed E-state index contributed by atoms with van der Waals surface area (Å²) in [6.07, 6.45) is 0. The van der Waals surface area contributed by atoms with Crippen LogP contribution in [0.5, 0.6) is 23.0 Å². The molecule has 0 aromatic heterocycles. The van der Waals surface area contributed by atoms with E-state index in [-0.39, 0.29) is 11.1 Å². The zero-order chi connectivity index (χ0) is 23.1. The first-order valence-corrected chi connectivity index (χ1v) is 8.81. The van der Waals surface area contributed by atoms with Crippen LogP contribution in [0.2, 0.25) is 0 Å². The molecule has 1 atom stereocenters. The van der Waals surface area contributed by atoms with Crippen LogP contribution in [-0.4, -0.2) is 27.3 Å². The average Bonchev–Trinajstić information content (AvgIpc) is 3.05. The van der Waals surface area contributed by atoms with Crippen LogP contribution in [0.4, 0.5) is 17.6 Å². The van der Waals surface area contributed by atoms with Crippen LogP contribution in [0.1, 0.15) is 37.4 Å². The van der Waals surface area contributed by atoms with E-state index in [4.69, 9.17) is 9.47 Å². The van der Waals surface area contributed by atoms with Crippen LogP contribution < -0.4 is 4.74 Å². The van der Waals surface area contributed by atoms with Gasteiger partial charge in [0.15, 0.2) is 40.2 Å². The number of rotatable bonds is 1. The van der Waals surface area contributed by atoms with Crippen molar-refractivity contribution in [3.63, 3.8) is 0 Å². The molecule has 2 aliphatic heterocycles. The highest BCUT2D eigenvalue weighted by atomic mass is 19.1. The molecule has 3 aromatic rings. The molecule has 1 spiro atoms. The summed E-state index contributed by atoms with van der Waals surface area (Å²) in [5.41, 5.74) is -5.88. The third-order valence-electron chi connectivity index (χ3n) is 5.38. The lowest BCUT2D eigenvalue weighted by Gasteiger charge is -2.37. The summed E-state index contributed by atoms with van der Waals surface area (Å²) in [6.45, 7) is 0. The minimum atomic E-state index is -2.57. The van der Waals surface area contributed by atoms with Crippen LogP contribution in [0.25, 0.3) is 0 Å². The van der Waals surface area contributed by atoms with Gasteiger partial charge in [0.05, 0.1) is 16.7 Å². The maximum absolute atomic E-state index is 14.9. The highest BCUT2D eigenvalue weighted by Crippen LogP contribution is 2.60. The second kappa shape index (κ2) is 6.13. The molecule has 3 N–H and O–H groups in total. The van der Waals surface area contributed by atoms with Crippen LogP contribution in [0.15, 0.2) is 30.3 Å². The summed E-state index contributed by atoms with van der Waals surface area (Å²) in [4.78, 5) is 24.6. The van der Waals surface area contributed by atoms with Crippen molar-refractivity contribution in [1.82, 2.24) is 0 Å². The van der Waals surface area contributed by atoms with E-state index in [1.54, 1.807) is 0 Å². The number of aromatic carboxylic acids is 1. The predicted molar refractivity (Wildman–Crippen MR) is 94.8 cm³/mol. The smallest absolute Gasteiger partial charge is 0.340 e. The van der Waals surface area contributed by atoms with E-state index in [9.17, 15) is 42.5 Å². The Morgan fingerprint density at radius 2 is 1.56 bits per heavy atom. The number of carboxylic acids is 1. The van der Waals surface area contributed by atoms with Crippen molar-refractivity contribution in [2.24, 2.45) is 0 Å². The molecule has 2 heterocycles. The molecule has 7 nitrogen and oxygen atoms in total. The zero-order valence-electron chi connectivity index (χ0n) is 15.4. The third kappa shape index (κ3) is 2.14. The molecule has 0 amide bonds. The van der Waals surface area contributed by atoms with Gasteiger partial charge in [0.2, 0.25) is 11.6 Å². The first-order chi connectivity index (χ1) is 15.1. The summed E-state index contributed by atoms with van der Waals surface area (Å²) in [6, 6.07) is 5.77. The monoisotopic (exact) mass is 448 g/mol. The number of hydrogen-bond acceptors (Lipinski definition) is 6. The van der Waals surface area contributed by atoms with Gasteiger partial charge in [-0.1, -0.05) is 18.2 Å². The minimum Gasteiger partial charge on any atom is -0.503 e. The van der Waals surface area contributed by atoms with Gasteiger partial charge in [0, 0.05) is 5.56 Å². The van der Waals surface area contributed by atoms with Gasteiger partial charge < -0.3 is 24.8 Å². The van der Waals surface area contributed by atoms with Gasteiger partial charge in [-0.3, -0.25) is 0 Å². The topological polar surface area (TPSA) is 113 Å². The molecule has 11 heteroatoms. The third-order valence-corrected chi connectivity index (χ3v) is 5.38. The normalized spacial score (nSPS) is 17.9. The molecule has 5 rings (SSSR count). The lowest BCUT2D eigenvalue weighted by Crippen LogP contribution is -2.36. The van der Waals surface area contributed by atoms with Gasteiger partial charge in [-0.05, 0) is 12.1 Å². The van der Waals surface area contributed by atoms with Crippen LogP contribution >= 0.6 is 0 Å². The van der Waals surface area contributed by atoms with Gasteiger partial charge >= 0.3 is 11.9 Å². The number of hydrogen-bond donors (Lipinski definition) is 3. The lowest BCUT2D eigenvalue weighted by molar-refractivity contribution is 0.0205. The highest BCUT2D eigenvalue weighted by Gasteiger charge is 2.58. The van der Waals surface area contributed by atoms with Crippen molar-refractivity contribution in [1.29, 1.82) is 0 Å². The zero-order valence-corrected chi connectivity index (χ0v) is 15.4. The number of phenolic OH excluding ortho intramolecular Hbond substituents is 2. The summed E-state index contributed by atoms with van der Waals surface area (Å²) in [5, 5.41) is 29.1. The molecule has 0 bridgehead atoms. The number of carbonyl (C=O) groups excluding carboxylic acids is 1. The maximum Gasteiger partial charge on any atom is 0.340 e. The molecular formula is C21H8F4O7. The van der Waals surface area contributed by atoms with Crippen LogP contribution in [0.3, 0.4) is 0 Å². The van der Waals surface area contributed by atoms with E-state index in [0.29, 0.717) is 6.07 Å². The molecule has 3 aromatic carbocycles. The number of ether oxygens (including phenoxy) is 2. The number of halogens is 4. The predicted octanol–water partition coefficient (Wildman–Crippen LogP) is 3.92. The van der Waals surface area contributed by atoms with Crippen molar-refractivity contribution in [2.75, 3.05) is 0 Å². The number of carbonyl (C=O) groups is 2. The lowest BCUT2D eigenvalue weighted by atomic mass is 9.75. The number of fused-ring (bicyclic) bond motifs is 6. The first-order valence-electron chi connectivity index (χ1n) is 8.81. The Labute approximate surface area is 174 Å².